The Labute approximate surface area is 470 Å². The van der Waals surface area contributed by atoms with Gasteiger partial charge in [-0.15, -0.1) is 0 Å². The lowest BCUT2D eigenvalue weighted by Gasteiger charge is -2.06. The molecule has 1 aliphatic heterocycles. The topological polar surface area (TPSA) is 139 Å². The van der Waals surface area contributed by atoms with Gasteiger partial charge in [-0.1, -0.05) is 193 Å². The Balaban J connectivity index is 0.000000149. The van der Waals surface area contributed by atoms with Gasteiger partial charge in [-0.05, 0) is 146 Å². The zero-order valence-electron chi connectivity index (χ0n) is 49.3. The highest BCUT2D eigenvalue weighted by Crippen LogP contribution is 2.27. The molecule has 0 bridgehead atoms. The summed E-state index contributed by atoms with van der Waals surface area (Å²) in [5, 5.41) is 23.5. The van der Waals surface area contributed by atoms with Gasteiger partial charge in [0.1, 0.15) is 11.0 Å². The van der Waals surface area contributed by atoms with Crippen LogP contribution in [0.4, 0.5) is 0 Å². The van der Waals surface area contributed by atoms with Gasteiger partial charge in [-0.2, -0.15) is 20.5 Å². The number of aromatic amines is 2. The minimum absolute atomic E-state index is 0.310. The maximum absolute atomic E-state index is 11.3. The molecule has 1 aliphatic carbocycles. The Hall–Kier alpha value is -7.85. The average molecular weight is 1060 g/mol. The van der Waals surface area contributed by atoms with Crippen molar-refractivity contribution >= 4 is 44.9 Å². The molecule has 0 saturated carbocycles. The van der Waals surface area contributed by atoms with E-state index in [1.807, 2.05) is 48.9 Å². The van der Waals surface area contributed by atoms with E-state index in [4.69, 9.17) is 4.52 Å². The lowest BCUT2D eigenvalue weighted by Crippen LogP contribution is -1.93. The number of carbonyl (C=O) groups excluding carboxylic acids is 1. The third kappa shape index (κ3) is 18.1. The van der Waals surface area contributed by atoms with Crippen LogP contribution < -0.4 is 0 Å². The molecule has 10 nitrogen and oxygen atoms in total. The highest BCUT2D eigenvalue weighted by molar-refractivity contribution is 6.00. The number of hydrogen-bond donors (Lipinski definition) is 2. The summed E-state index contributed by atoms with van der Waals surface area (Å²) in [6.45, 7) is 31.5. The molecule has 2 N–H and O–H groups in total. The lowest BCUT2D eigenvalue weighted by molar-refractivity contribution is 0.0994. The number of nitrogens with one attached hydrogen (secondary N) is 2. The summed E-state index contributed by atoms with van der Waals surface area (Å²) in [6, 6.07) is 46.2. The van der Waals surface area contributed by atoms with Crippen molar-refractivity contribution in [3.05, 3.63) is 219 Å². The van der Waals surface area contributed by atoms with Crippen molar-refractivity contribution in [1.82, 2.24) is 35.7 Å². The molecule has 0 radical (unpaired) electrons. The summed E-state index contributed by atoms with van der Waals surface area (Å²) in [5.74, 6) is 4.44. The fourth-order valence-electron chi connectivity index (χ4n) is 8.67. The number of aliphatic imine (C=N–C) groups is 1. The van der Waals surface area contributed by atoms with E-state index < -0.39 is 0 Å². The number of Topliss-reactive ketones (excluding diaryl/α,β-unsaturated/α-hetero) is 1. The van der Waals surface area contributed by atoms with Gasteiger partial charge in [0.05, 0.1) is 24.5 Å². The van der Waals surface area contributed by atoms with Gasteiger partial charge >= 0.3 is 0 Å². The molecule has 412 valence electrons. The summed E-state index contributed by atoms with van der Waals surface area (Å²) in [7, 11) is 0. The molecule has 0 atom stereocenters. The first kappa shape index (κ1) is 60.4. The Bertz CT molecular complexity index is 3220. The third-order valence-corrected chi connectivity index (χ3v) is 14.0. The summed E-state index contributed by atoms with van der Waals surface area (Å²) in [5.41, 5.74) is 18.2. The van der Waals surface area contributed by atoms with Crippen LogP contribution in [0, 0.1) is 0 Å². The van der Waals surface area contributed by atoms with Crippen LogP contribution in [0.15, 0.2) is 168 Å². The van der Waals surface area contributed by atoms with Crippen LogP contribution in [0.1, 0.15) is 211 Å². The first-order valence-corrected chi connectivity index (χ1v) is 28.2. The van der Waals surface area contributed by atoms with Crippen LogP contribution in [-0.4, -0.2) is 47.7 Å². The highest BCUT2D eigenvalue weighted by atomic mass is 16.5. The van der Waals surface area contributed by atoms with Crippen molar-refractivity contribution in [2.75, 3.05) is 0 Å². The second-order valence-electron chi connectivity index (χ2n) is 22.5. The molecule has 2 aliphatic rings. The number of ketones is 1. The van der Waals surface area contributed by atoms with Crippen molar-refractivity contribution in [3.8, 4) is 0 Å². The van der Waals surface area contributed by atoms with E-state index in [9.17, 15) is 4.79 Å². The molecule has 10 aromatic rings. The molecular weight excluding hydrogens is 973 g/mol. The van der Waals surface area contributed by atoms with Crippen LogP contribution in [0.5, 0.6) is 0 Å². The Morgan fingerprint density at radius 2 is 1.03 bits per heavy atom. The quantitative estimate of drug-likeness (QED) is 0.162. The number of H-pyrrole nitrogens is 2. The van der Waals surface area contributed by atoms with Crippen LogP contribution in [0.25, 0.3) is 32.9 Å². The van der Waals surface area contributed by atoms with Crippen molar-refractivity contribution in [2.45, 2.75) is 158 Å². The van der Waals surface area contributed by atoms with Gasteiger partial charge < -0.3 is 4.52 Å². The number of aryl methyl sites for hydroxylation is 1. The zero-order chi connectivity index (χ0) is 57.0. The monoisotopic (exact) mass is 1060 g/mol. The molecule has 6 aromatic carbocycles. The number of fused-ring (bicyclic) bond motifs is 5. The average Bonchev–Trinajstić information content (AvgIpc) is 4.35. The standard InChI is InChI=1S/C12H14O.C11H13N.C10H12N2.C10H11NO.C9H11N3.C9H12.C8H11N/c1-8(2)9-3-5-11-10(7-9)4-6-12(11)13;1-8(2)9-3-4-10-6-12-7-11(10)5-9;2*1-7(2)8-3-4-10-9(5-8)6-11-12-10;1-6(2)7-3-4-8-9(5-7)11-12-10-8;1-8(2)9-6-4-3-5-7-9;1-7(2)8-4-3-5-9-6-8/h3,5,7-8H,4,6H2,1-2H3;3-6,8H,7H2,1-2H3;3-7H,1-2H3,(H,11,12);3-7H,1-2H3;3-6H,1-2H3,(H,10,11,12);3-8H,1-2H3;3-7H,1-2H3. The van der Waals surface area contributed by atoms with Crippen LogP contribution in [-0.2, 0) is 13.0 Å². The molecule has 0 spiro atoms. The largest absolute Gasteiger partial charge is 0.356 e. The van der Waals surface area contributed by atoms with Crippen molar-refractivity contribution in [2.24, 2.45) is 4.99 Å². The van der Waals surface area contributed by atoms with Gasteiger partial charge in [-0.25, -0.2) is 0 Å². The van der Waals surface area contributed by atoms with E-state index in [0.29, 0.717) is 53.6 Å². The van der Waals surface area contributed by atoms with Gasteiger partial charge in [0.25, 0.3) is 0 Å². The maximum Gasteiger partial charge on any atom is 0.166 e. The number of carbonyl (C=O) groups is 1. The molecule has 0 saturated heterocycles. The number of nitrogens with zero attached hydrogens (tertiary/aromatic N) is 6. The minimum Gasteiger partial charge on any atom is -0.356 e. The fraction of sp³-hybridized carbons (Fsp3) is 0.348. The van der Waals surface area contributed by atoms with Crippen LogP contribution >= 0.6 is 0 Å². The number of pyridine rings is 1. The third-order valence-electron chi connectivity index (χ3n) is 14.0. The Morgan fingerprint density at radius 3 is 1.65 bits per heavy atom. The maximum atomic E-state index is 11.3. The summed E-state index contributed by atoms with van der Waals surface area (Å²) < 4.78 is 5.00. The summed E-state index contributed by atoms with van der Waals surface area (Å²) >= 11 is 0. The molecule has 4 aromatic heterocycles. The van der Waals surface area contributed by atoms with E-state index >= 15 is 0 Å². The molecule has 12 rings (SSSR count). The Morgan fingerprint density at radius 1 is 0.468 bits per heavy atom. The second kappa shape index (κ2) is 29.8. The lowest BCUT2D eigenvalue weighted by atomic mass is 9.98. The predicted octanol–water partition coefficient (Wildman–Crippen LogP) is 18.4. The fourth-order valence-corrected chi connectivity index (χ4v) is 8.67. The van der Waals surface area contributed by atoms with E-state index in [2.05, 4.69) is 241 Å². The molecular formula is C69H84N8O2. The molecule has 5 heterocycles. The van der Waals surface area contributed by atoms with Crippen molar-refractivity contribution in [3.63, 3.8) is 0 Å². The van der Waals surface area contributed by atoms with Crippen molar-refractivity contribution < 1.29 is 9.32 Å². The molecule has 10 heteroatoms. The summed E-state index contributed by atoms with van der Waals surface area (Å²) in [4.78, 5) is 19.6. The number of hydrogen-bond acceptors (Lipinski definition) is 8. The van der Waals surface area contributed by atoms with E-state index in [-0.39, 0.29) is 0 Å². The SMILES string of the molecule is CC(C)c1ccc2[nH]ncc2c1.CC(C)c1ccc2c(c1)CCC2=O.CC(C)c1ccc2c(c1)CN=C2.CC(C)c1ccc2n[nH]nc2c1.CC(C)c1ccc2oncc2c1.CC(C)c1ccccc1.CC(C)c1cccnc1. The number of benzene rings is 6. The molecule has 0 amide bonds. The van der Waals surface area contributed by atoms with Gasteiger partial charge in [0, 0.05) is 41.4 Å². The minimum atomic E-state index is 0.310. The Kier molecular flexibility index (Phi) is 22.8. The predicted molar refractivity (Wildman–Crippen MR) is 330 cm³/mol. The first-order chi connectivity index (χ1) is 37.9. The van der Waals surface area contributed by atoms with Crippen LogP contribution in [0.3, 0.4) is 0 Å². The zero-order valence-corrected chi connectivity index (χ0v) is 49.3. The number of aromatic nitrogens is 7. The summed E-state index contributed by atoms with van der Waals surface area (Å²) in [6.07, 6.45) is 10.9. The molecule has 0 unspecified atom stereocenters. The second-order valence-corrected chi connectivity index (χ2v) is 22.5. The normalized spacial score (nSPS) is 12.0. The smallest absolute Gasteiger partial charge is 0.166 e. The molecule has 79 heavy (non-hydrogen) atoms. The van der Waals surface area contributed by atoms with E-state index in [0.717, 1.165) is 46.0 Å². The van der Waals surface area contributed by atoms with Gasteiger partial charge in [0.2, 0.25) is 0 Å². The van der Waals surface area contributed by atoms with Gasteiger partial charge in [-0.3, -0.25) is 19.9 Å². The van der Waals surface area contributed by atoms with Gasteiger partial charge in [0.15, 0.2) is 11.4 Å². The van der Waals surface area contributed by atoms with Crippen molar-refractivity contribution in [1.29, 1.82) is 0 Å². The highest BCUT2D eigenvalue weighted by Gasteiger charge is 2.19. The van der Waals surface area contributed by atoms with E-state index in [1.165, 1.54) is 61.0 Å². The van der Waals surface area contributed by atoms with E-state index in [1.54, 1.807) is 12.4 Å². The van der Waals surface area contributed by atoms with Crippen LogP contribution in [0.2, 0.25) is 0 Å². The number of rotatable bonds is 7. The molecule has 0 fully saturated rings. The first-order valence-electron chi connectivity index (χ1n) is 28.2.